The van der Waals surface area contributed by atoms with Gasteiger partial charge >= 0.3 is 0 Å². The van der Waals surface area contributed by atoms with Crippen molar-refractivity contribution in [2.24, 2.45) is 0 Å². The van der Waals surface area contributed by atoms with E-state index < -0.39 is 0 Å². The first-order valence-electron chi connectivity index (χ1n) is 8.81. The number of hydrogen-bond acceptors (Lipinski definition) is 4. The fourth-order valence-corrected chi connectivity index (χ4v) is 4.43. The summed E-state index contributed by atoms with van der Waals surface area (Å²) in [6, 6.07) is 0. The summed E-state index contributed by atoms with van der Waals surface area (Å²) in [6.45, 7) is 4.42. The number of rotatable bonds is 5. The van der Waals surface area contributed by atoms with Crippen LogP contribution in [0.3, 0.4) is 0 Å². The molecular weight excluding hydrogens is 308 g/mol. The Bertz CT molecular complexity index is 569. The van der Waals surface area contributed by atoms with Gasteiger partial charge in [0.25, 0.3) is 0 Å². The van der Waals surface area contributed by atoms with E-state index in [4.69, 9.17) is 0 Å². The zero-order chi connectivity index (χ0) is 16.1. The molecule has 0 bridgehead atoms. The van der Waals surface area contributed by atoms with E-state index in [0.29, 0.717) is 18.2 Å². The van der Waals surface area contributed by atoms with Crippen molar-refractivity contribution in [2.45, 2.75) is 75.4 Å². The fraction of sp³-hybridized carbons (Fsp3) is 0.706. The summed E-state index contributed by atoms with van der Waals surface area (Å²) in [5.74, 6) is 1.18. The summed E-state index contributed by atoms with van der Waals surface area (Å²) in [5.41, 5.74) is 0. The number of carbonyl (C=O) groups excluding carboxylic acids is 1. The molecule has 1 aliphatic carbocycles. The summed E-state index contributed by atoms with van der Waals surface area (Å²) >= 11 is 1.80. The van der Waals surface area contributed by atoms with E-state index in [0.717, 1.165) is 43.3 Å². The largest absolute Gasteiger partial charge is 0.335 e. The van der Waals surface area contributed by atoms with Gasteiger partial charge in [-0.25, -0.2) is 0 Å². The SMILES string of the molecule is CCn1c(CN2CCCCCC2=O)nnc1S[C@H]1C=CCCC1. The van der Waals surface area contributed by atoms with Crippen molar-refractivity contribution in [3.05, 3.63) is 18.0 Å². The van der Waals surface area contributed by atoms with Gasteiger partial charge < -0.3 is 9.47 Å². The van der Waals surface area contributed by atoms with Gasteiger partial charge in [-0.1, -0.05) is 30.3 Å². The third-order valence-corrected chi connectivity index (χ3v) is 5.79. The minimum absolute atomic E-state index is 0.262. The van der Waals surface area contributed by atoms with Crippen molar-refractivity contribution in [1.82, 2.24) is 19.7 Å². The van der Waals surface area contributed by atoms with E-state index in [1.165, 1.54) is 19.3 Å². The molecule has 23 heavy (non-hydrogen) atoms. The lowest BCUT2D eigenvalue weighted by Gasteiger charge is -2.20. The van der Waals surface area contributed by atoms with E-state index in [1.807, 2.05) is 4.90 Å². The summed E-state index contributed by atoms with van der Waals surface area (Å²) in [7, 11) is 0. The molecule has 1 aromatic heterocycles. The normalized spacial score (nSPS) is 22.4. The minimum atomic E-state index is 0.262. The number of nitrogens with zero attached hydrogens (tertiary/aromatic N) is 4. The molecule has 1 atom stereocenters. The summed E-state index contributed by atoms with van der Waals surface area (Å²) in [5, 5.41) is 10.3. The van der Waals surface area contributed by atoms with Crippen molar-refractivity contribution in [2.75, 3.05) is 6.54 Å². The maximum Gasteiger partial charge on any atom is 0.222 e. The number of likely N-dealkylation sites (tertiary alicyclic amines) is 1. The molecule has 1 aliphatic heterocycles. The highest BCUT2D eigenvalue weighted by Gasteiger charge is 2.21. The number of allylic oxidation sites excluding steroid dienone is 1. The third kappa shape index (κ3) is 4.16. The van der Waals surface area contributed by atoms with E-state index >= 15 is 0 Å². The molecule has 1 fully saturated rings. The Morgan fingerprint density at radius 2 is 2.17 bits per heavy atom. The van der Waals surface area contributed by atoms with Crippen LogP contribution in [0.2, 0.25) is 0 Å². The van der Waals surface area contributed by atoms with E-state index in [9.17, 15) is 4.79 Å². The van der Waals surface area contributed by atoms with E-state index in [-0.39, 0.29) is 5.91 Å². The molecule has 0 unspecified atom stereocenters. The molecule has 2 heterocycles. The molecule has 6 heteroatoms. The van der Waals surface area contributed by atoms with Gasteiger partial charge in [0.15, 0.2) is 11.0 Å². The predicted molar refractivity (Wildman–Crippen MR) is 92.2 cm³/mol. The smallest absolute Gasteiger partial charge is 0.222 e. The number of amides is 1. The van der Waals surface area contributed by atoms with E-state index in [2.05, 4.69) is 33.8 Å². The van der Waals surface area contributed by atoms with Crippen LogP contribution in [0.15, 0.2) is 17.3 Å². The summed E-state index contributed by atoms with van der Waals surface area (Å²) < 4.78 is 2.17. The Labute approximate surface area is 142 Å². The Kier molecular flexibility index (Phi) is 5.75. The Morgan fingerprint density at radius 1 is 1.26 bits per heavy atom. The quantitative estimate of drug-likeness (QED) is 0.775. The van der Waals surface area contributed by atoms with Gasteiger partial charge in [-0.3, -0.25) is 4.79 Å². The van der Waals surface area contributed by atoms with Crippen LogP contribution >= 0.6 is 11.8 Å². The Morgan fingerprint density at radius 3 is 2.96 bits per heavy atom. The van der Waals surface area contributed by atoms with Gasteiger partial charge in [-0.2, -0.15) is 0 Å². The second-order valence-corrected chi connectivity index (χ2v) is 7.49. The Balaban J connectivity index is 1.70. The van der Waals surface area contributed by atoms with E-state index in [1.54, 1.807) is 11.8 Å². The van der Waals surface area contributed by atoms with Gasteiger partial charge in [0.2, 0.25) is 5.91 Å². The molecule has 0 N–H and O–H groups in total. The highest BCUT2D eigenvalue weighted by Crippen LogP contribution is 2.29. The molecule has 0 spiro atoms. The number of hydrogen-bond donors (Lipinski definition) is 0. The molecule has 126 valence electrons. The third-order valence-electron chi connectivity index (χ3n) is 4.58. The molecule has 2 aliphatic rings. The lowest BCUT2D eigenvalue weighted by atomic mass is 10.1. The average Bonchev–Trinajstić information content (AvgIpc) is 2.83. The molecule has 1 amide bonds. The molecule has 0 saturated carbocycles. The van der Waals surface area contributed by atoms with Gasteiger partial charge in [0.05, 0.1) is 6.54 Å². The minimum Gasteiger partial charge on any atom is -0.335 e. The fourth-order valence-electron chi connectivity index (χ4n) is 3.23. The van der Waals surface area contributed by atoms with Crippen LogP contribution in [0.1, 0.15) is 57.7 Å². The van der Waals surface area contributed by atoms with Crippen LogP contribution in [-0.2, 0) is 17.9 Å². The lowest BCUT2D eigenvalue weighted by molar-refractivity contribution is -0.131. The standard InChI is InChI=1S/C17H26N4OS/c1-2-21-15(13-20-12-8-4-7-11-16(20)22)18-19-17(21)23-14-9-5-3-6-10-14/h5,9,14H,2-4,6-8,10-13H2,1H3/t14-/m0/s1. The van der Waals surface area contributed by atoms with Crippen molar-refractivity contribution < 1.29 is 4.79 Å². The summed E-state index contributed by atoms with van der Waals surface area (Å²) in [6.07, 6.45) is 12.2. The predicted octanol–water partition coefficient (Wildman–Crippen LogP) is 3.40. The topological polar surface area (TPSA) is 51.0 Å². The first-order chi connectivity index (χ1) is 11.3. The van der Waals surface area contributed by atoms with Crippen molar-refractivity contribution in [1.29, 1.82) is 0 Å². The molecule has 5 nitrogen and oxygen atoms in total. The van der Waals surface area contributed by atoms with Gasteiger partial charge in [0, 0.05) is 24.8 Å². The van der Waals surface area contributed by atoms with Gasteiger partial charge in [-0.15, -0.1) is 10.2 Å². The highest BCUT2D eigenvalue weighted by atomic mass is 32.2. The van der Waals surface area contributed by atoms with Crippen LogP contribution in [0.5, 0.6) is 0 Å². The highest BCUT2D eigenvalue weighted by molar-refractivity contribution is 7.99. The van der Waals surface area contributed by atoms with Crippen LogP contribution in [0, 0.1) is 0 Å². The monoisotopic (exact) mass is 334 g/mol. The lowest BCUT2D eigenvalue weighted by Crippen LogP contribution is -2.31. The molecule has 1 saturated heterocycles. The van der Waals surface area contributed by atoms with Crippen molar-refractivity contribution in [3.63, 3.8) is 0 Å². The van der Waals surface area contributed by atoms with Crippen molar-refractivity contribution >= 4 is 17.7 Å². The first kappa shape index (κ1) is 16.6. The summed E-state index contributed by atoms with van der Waals surface area (Å²) in [4.78, 5) is 14.2. The zero-order valence-corrected chi connectivity index (χ0v) is 14.7. The van der Waals surface area contributed by atoms with Gasteiger partial charge in [-0.05, 0) is 39.0 Å². The molecule has 0 radical (unpaired) electrons. The Hall–Kier alpha value is -1.30. The molecular formula is C17H26N4OS. The number of carbonyl (C=O) groups is 1. The van der Waals surface area contributed by atoms with Crippen LogP contribution < -0.4 is 0 Å². The van der Waals surface area contributed by atoms with Crippen LogP contribution in [0.4, 0.5) is 0 Å². The second kappa shape index (κ2) is 7.99. The first-order valence-corrected chi connectivity index (χ1v) is 9.69. The number of aromatic nitrogens is 3. The number of thioether (sulfide) groups is 1. The van der Waals surface area contributed by atoms with Crippen LogP contribution in [0.25, 0.3) is 0 Å². The molecule has 1 aromatic rings. The van der Waals surface area contributed by atoms with Crippen molar-refractivity contribution in [3.8, 4) is 0 Å². The van der Waals surface area contributed by atoms with Gasteiger partial charge in [0.1, 0.15) is 0 Å². The molecule has 3 rings (SSSR count). The van der Waals surface area contributed by atoms with Crippen LogP contribution in [-0.4, -0.2) is 37.4 Å². The average molecular weight is 334 g/mol. The maximum atomic E-state index is 12.2. The molecule has 0 aromatic carbocycles. The zero-order valence-electron chi connectivity index (χ0n) is 13.9. The maximum absolute atomic E-state index is 12.2. The second-order valence-electron chi connectivity index (χ2n) is 6.28.